The van der Waals surface area contributed by atoms with Crippen molar-refractivity contribution in [3.63, 3.8) is 0 Å². The number of nitrogens with zero attached hydrogens (tertiary/aromatic N) is 1. The highest BCUT2D eigenvalue weighted by molar-refractivity contribution is 5.79. The van der Waals surface area contributed by atoms with Crippen LogP contribution in [0.1, 0.15) is 33.0 Å². The molecule has 5 nitrogen and oxygen atoms in total. The molecule has 0 radical (unpaired) electrons. The predicted octanol–water partition coefficient (Wildman–Crippen LogP) is 4.64. The van der Waals surface area contributed by atoms with Crippen LogP contribution in [-0.2, 0) is 11.3 Å². The molecule has 5 rings (SSSR count). The van der Waals surface area contributed by atoms with E-state index in [2.05, 4.69) is 24.3 Å². The number of aldehydes is 1. The van der Waals surface area contributed by atoms with Gasteiger partial charge in [0.2, 0.25) is 0 Å². The zero-order valence-electron chi connectivity index (χ0n) is 16.4. The summed E-state index contributed by atoms with van der Waals surface area (Å²) in [6.07, 6.45) is 0.424. The Balaban J connectivity index is 1.33. The Kier molecular flexibility index (Phi) is 4.71. The molecule has 2 aliphatic rings. The van der Waals surface area contributed by atoms with Gasteiger partial charge in [-0.3, -0.25) is 4.79 Å². The van der Waals surface area contributed by atoms with Crippen molar-refractivity contribution in [2.75, 3.05) is 19.8 Å². The highest BCUT2D eigenvalue weighted by Gasteiger charge is 2.30. The minimum Gasteiger partial charge on any atom is -0.491 e. The number of amides is 1. The second-order valence-electron chi connectivity index (χ2n) is 7.56. The summed E-state index contributed by atoms with van der Waals surface area (Å²) in [7, 11) is 0. The van der Waals surface area contributed by atoms with Crippen molar-refractivity contribution in [2.45, 2.75) is 12.5 Å². The van der Waals surface area contributed by atoms with Crippen LogP contribution in [0.25, 0.3) is 11.1 Å². The van der Waals surface area contributed by atoms with Crippen molar-refractivity contribution < 1.29 is 19.1 Å². The first-order valence-electron chi connectivity index (χ1n) is 10.1. The third-order valence-electron chi connectivity index (χ3n) is 5.79. The molecule has 0 spiro atoms. The zero-order valence-corrected chi connectivity index (χ0v) is 16.4. The van der Waals surface area contributed by atoms with Gasteiger partial charge in [0.25, 0.3) is 0 Å². The van der Waals surface area contributed by atoms with Gasteiger partial charge in [-0.25, -0.2) is 4.79 Å². The second-order valence-corrected chi connectivity index (χ2v) is 7.56. The summed E-state index contributed by atoms with van der Waals surface area (Å²) in [5.41, 5.74) is 6.15. The summed E-state index contributed by atoms with van der Waals surface area (Å²) in [6, 6.07) is 21.8. The summed E-state index contributed by atoms with van der Waals surface area (Å²) >= 11 is 0. The molecule has 0 saturated carbocycles. The fraction of sp³-hybridized carbons (Fsp3) is 0.200. The Hall–Kier alpha value is -3.60. The lowest BCUT2D eigenvalue weighted by Crippen LogP contribution is -2.33. The quantitative estimate of drug-likeness (QED) is 0.602. The third-order valence-corrected chi connectivity index (χ3v) is 5.79. The van der Waals surface area contributed by atoms with Crippen molar-refractivity contribution in [3.05, 3.63) is 89.0 Å². The summed E-state index contributed by atoms with van der Waals surface area (Å²) in [4.78, 5) is 25.6. The van der Waals surface area contributed by atoms with E-state index in [4.69, 9.17) is 9.47 Å². The van der Waals surface area contributed by atoms with Crippen molar-refractivity contribution in [1.82, 2.24) is 4.90 Å². The van der Waals surface area contributed by atoms with Crippen LogP contribution < -0.4 is 4.74 Å². The minimum atomic E-state index is -0.371. The average Bonchev–Trinajstić information content (AvgIpc) is 2.95. The van der Waals surface area contributed by atoms with Crippen LogP contribution in [-0.4, -0.2) is 37.0 Å². The Morgan fingerprint density at radius 1 is 1.03 bits per heavy atom. The molecule has 150 valence electrons. The van der Waals surface area contributed by atoms with Crippen molar-refractivity contribution in [3.8, 4) is 16.9 Å². The smallest absolute Gasteiger partial charge is 0.410 e. The van der Waals surface area contributed by atoms with E-state index in [9.17, 15) is 9.59 Å². The highest BCUT2D eigenvalue weighted by atomic mass is 16.6. The van der Waals surface area contributed by atoms with Crippen LogP contribution in [0, 0.1) is 0 Å². The Morgan fingerprint density at radius 3 is 2.43 bits per heavy atom. The van der Waals surface area contributed by atoms with Crippen molar-refractivity contribution in [1.29, 1.82) is 0 Å². The molecule has 30 heavy (non-hydrogen) atoms. The number of fused-ring (bicyclic) bond motifs is 4. The molecule has 1 heterocycles. The second kappa shape index (κ2) is 7.67. The van der Waals surface area contributed by atoms with Gasteiger partial charge < -0.3 is 14.4 Å². The van der Waals surface area contributed by atoms with Gasteiger partial charge in [-0.1, -0.05) is 48.5 Å². The summed E-state index contributed by atoms with van der Waals surface area (Å²) < 4.78 is 11.5. The molecule has 0 unspecified atom stereocenters. The number of rotatable bonds is 3. The van der Waals surface area contributed by atoms with Crippen LogP contribution >= 0.6 is 0 Å². The van der Waals surface area contributed by atoms with Gasteiger partial charge in [-0.2, -0.15) is 0 Å². The average molecular weight is 399 g/mol. The van der Waals surface area contributed by atoms with Crippen LogP contribution in [0.15, 0.2) is 66.7 Å². The number of carbonyl (C=O) groups excluding carboxylic acids is 2. The molecule has 0 aromatic heterocycles. The number of ether oxygens (including phenoxy) is 2. The van der Waals surface area contributed by atoms with Gasteiger partial charge in [0.1, 0.15) is 25.2 Å². The summed E-state index contributed by atoms with van der Waals surface area (Å²) in [5, 5.41) is 0. The van der Waals surface area contributed by atoms with Crippen LogP contribution in [0.4, 0.5) is 4.79 Å². The molecule has 0 bridgehead atoms. The highest BCUT2D eigenvalue weighted by Crippen LogP contribution is 2.44. The van der Waals surface area contributed by atoms with Crippen LogP contribution in [0.5, 0.6) is 5.75 Å². The molecule has 0 atom stereocenters. The van der Waals surface area contributed by atoms with Gasteiger partial charge in [-0.05, 0) is 40.5 Å². The lowest BCUT2D eigenvalue weighted by atomic mass is 9.98. The van der Waals surface area contributed by atoms with Gasteiger partial charge in [0.15, 0.2) is 0 Å². The lowest BCUT2D eigenvalue weighted by Gasteiger charge is -2.21. The molecule has 0 saturated heterocycles. The van der Waals surface area contributed by atoms with Crippen molar-refractivity contribution in [2.24, 2.45) is 0 Å². The topological polar surface area (TPSA) is 55.8 Å². The Bertz CT molecular complexity index is 1080. The van der Waals surface area contributed by atoms with E-state index in [1.54, 1.807) is 23.1 Å². The SMILES string of the molecule is O=Cc1ccc2c(c1)CN(C(=O)OCC1c3ccccc3-c3ccccc31)CCO2. The summed E-state index contributed by atoms with van der Waals surface area (Å²) in [5.74, 6) is 0.730. The molecule has 1 aliphatic heterocycles. The molecule has 0 N–H and O–H groups in total. The first-order chi connectivity index (χ1) is 14.7. The molecule has 1 aliphatic carbocycles. The molecule has 5 heteroatoms. The van der Waals surface area contributed by atoms with Crippen LogP contribution in [0.3, 0.4) is 0 Å². The van der Waals surface area contributed by atoms with E-state index in [0.29, 0.717) is 31.0 Å². The monoisotopic (exact) mass is 399 g/mol. The number of hydrogen-bond acceptors (Lipinski definition) is 4. The van der Waals surface area contributed by atoms with E-state index in [-0.39, 0.29) is 18.6 Å². The van der Waals surface area contributed by atoms with Crippen molar-refractivity contribution >= 4 is 12.4 Å². The fourth-order valence-electron chi connectivity index (χ4n) is 4.33. The van der Waals surface area contributed by atoms with Crippen LogP contribution in [0.2, 0.25) is 0 Å². The number of carbonyl (C=O) groups is 2. The number of hydrogen-bond donors (Lipinski definition) is 0. The van der Waals surface area contributed by atoms with E-state index < -0.39 is 0 Å². The van der Waals surface area contributed by atoms with E-state index >= 15 is 0 Å². The standard InChI is InChI=1S/C25H21NO4/c27-15-17-9-10-24-18(13-17)14-26(11-12-29-24)25(28)30-16-23-21-7-3-1-5-19(21)20-6-2-4-8-22(20)23/h1-10,13,15,23H,11-12,14,16H2. The maximum Gasteiger partial charge on any atom is 0.410 e. The lowest BCUT2D eigenvalue weighted by molar-refractivity contribution is 0.0947. The minimum absolute atomic E-state index is 0.0264. The first kappa shape index (κ1) is 18.4. The Labute approximate surface area is 174 Å². The summed E-state index contributed by atoms with van der Waals surface area (Å²) in [6.45, 7) is 1.46. The van der Waals surface area contributed by atoms with Gasteiger partial charge >= 0.3 is 6.09 Å². The first-order valence-corrected chi connectivity index (χ1v) is 10.1. The van der Waals surface area contributed by atoms with Gasteiger partial charge in [0.05, 0.1) is 13.1 Å². The number of benzene rings is 3. The molecule has 1 amide bonds. The third kappa shape index (κ3) is 3.22. The van der Waals surface area contributed by atoms with E-state index in [1.165, 1.54) is 22.3 Å². The van der Waals surface area contributed by atoms with E-state index in [1.807, 2.05) is 24.3 Å². The Morgan fingerprint density at radius 2 is 1.73 bits per heavy atom. The molecule has 0 fully saturated rings. The maximum atomic E-state index is 12.9. The molecular weight excluding hydrogens is 378 g/mol. The maximum absolute atomic E-state index is 12.9. The zero-order chi connectivity index (χ0) is 20.5. The van der Waals surface area contributed by atoms with Gasteiger partial charge in [-0.15, -0.1) is 0 Å². The molecule has 3 aromatic carbocycles. The normalized spacial score (nSPS) is 14.7. The fourth-order valence-corrected chi connectivity index (χ4v) is 4.33. The molecular formula is C25H21NO4. The van der Waals surface area contributed by atoms with Gasteiger partial charge in [0, 0.05) is 17.0 Å². The van der Waals surface area contributed by atoms with E-state index in [0.717, 1.165) is 11.8 Å². The largest absolute Gasteiger partial charge is 0.491 e. The predicted molar refractivity (Wildman–Crippen MR) is 113 cm³/mol. The molecule has 3 aromatic rings.